The first-order valence-electron chi connectivity index (χ1n) is 14.7. The highest BCUT2D eigenvalue weighted by molar-refractivity contribution is 6.28. The van der Waals surface area contributed by atoms with E-state index < -0.39 is 5.97 Å². The van der Waals surface area contributed by atoms with E-state index in [-0.39, 0.29) is 11.3 Å². The van der Waals surface area contributed by atoms with E-state index in [0.29, 0.717) is 39.8 Å². The van der Waals surface area contributed by atoms with Crippen LogP contribution >= 0.6 is 0 Å². The number of carbonyl (C=O) groups excluding carboxylic acids is 1. The van der Waals surface area contributed by atoms with E-state index >= 15 is 0 Å². The number of piperazine rings is 1. The molecule has 2 N–H and O–H groups in total. The summed E-state index contributed by atoms with van der Waals surface area (Å²) in [7, 11) is 0. The van der Waals surface area contributed by atoms with Gasteiger partial charge in [0.25, 0.3) is 0 Å². The molecular weight excluding hydrogens is 516 g/mol. The molecule has 1 atom stereocenters. The molecule has 1 aliphatic carbocycles. The van der Waals surface area contributed by atoms with Crippen molar-refractivity contribution in [2.24, 2.45) is 0 Å². The van der Waals surface area contributed by atoms with Gasteiger partial charge in [0, 0.05) is 49.0 Å². The predicted molar refractivity (Wildman–Crippen MR) is 164 cm³/mol. The van der Waals surface area contributed by atoms with Crippen LogP contribution in [0.1, 0.15) is 73.2 Å². The monoisotopic (exact) mass is 554 g/mol. The van der Waals surface area contributed by atoms with Gasteiger partial charge in [-0.3, -0.25) is 9.69 Å². The molecule has 4 aromatic rings. The SMILES string of the molecule is CC.CCCC(CC)N1CCN(c2cc(Nc3ccc(C(=O)O)cc3)c3c4c(onc24)-c2ccccc2C3=O)CC1. The Hall–Kier alpha value is -4.17. The maximum Gasteiger partial charge on any atom is 0.335 e. The highest BCUT2D eigenvalue weighted by Crippen LogP contribution is 2.46. The molecule has 2 aliphatic rings. The van der Waals surface area contributed by atoms with Crippen molar-refractivity contribution in [3.63, 3.8) is 0 Å². The summed E-state index contributed by atoms with van der Waals surface area (Å²) in [4.78, 5) is 30.1. The maximum absolute atomic E-state index is 13.8. The molecule has 0 saturated carbocycles. The van der Waals surface area contributed by atoms with Crippen LogP contribution in [0.25, 0.3) is 22.2 Å². The van der Waals surface area contributed by atoms with Crippen LogP contribution in [-0.4, -0.2) is 59.1 Å². The van der Waals surface area contributed by atoms with Gasteiger partial charge in [0.2, 0.25) is 0 Å². The number of aromatic carboxylic acids is 1. The lowest BCUT2D eigenvalue weighted by Gasteiger charge is -2.40. The van der Waals surface area contributed by atoms with E-state index in [9.17, 15) is 14.7 Å². The van der Waals surface area contributed by atoms with E-state index in [1.165, 1.54) is 12.8 Å². The Morgan fingerprint density at radius 2 is 1.71 bits per heavy atom. The van der Waals surface area contributed by atoms with Crippen LogP contribution in [0.4, 0.5) is 17.1 Å². The molecule has 0 amide bonds. The summed E-state index contributed by atoms with van der Waals surface area (Å²) in [5.41, 5.74) is 5.05. The van der Waals surface area contributed by atoms with Crippen LogP contribution in [0.15, 0.2) is 59.1 Å². The quantitative estimate of drug-likeness (QED) is 0.208. The number of carboxylic acid groups (broad SMARTS) is 1. The molecule has 1 unspecified atom stereocenters. The van der Waals surface area contributed by atoms with Crippen molar-refractivity contribution < 1.29 is 19.2 Å². The van der Waals surface area contributed by atoms with E-state index in [2.05, 4.69) is 34.1 Å². The van der Waals surface area contributed by atoms with Crippen LogP contribution in [0, 0.1) is 0 Å². The molecule has 0 bridgehead atoms. The van der Waals surface area contributed by atoms with Gasteiger partial charge in [-0.2, -0.15) is 0 Å². The number of anilines is 3. The van der Waals surface area contributed by atoms with Crippen LogP contribution in [0.5, 0.6) is 0 Å². The summed E-state index contributed by atoms with van der Waals surface area (Å²) < 4.78 is 5.93. The zero-order valence-electron chi connectivity index (χ0n) is 24.2. The number of nitrogens with one attached hydrogen (secondary N) is 1. The lowest BCUT2D eigenvalue weighted by molar-refractivity contribution is 0.0696. The van der Waals surface area contributed by atoms with Crippen molar-refractivity contribution in [3.8, 4) is 11.3 Å². The fourth-order valence-electron chi connectivity index (χ4n) is 6.04. The summed E-state index contributed by atoms with van der Waals surface area (Å²) in [5.74, 6) is -0.462. The molecule has 0 spiro atoms. The summed E-state index contributed by atoms with van der Waals surface area (Å²) in [6, 6.07) is 16.6. The first-order chi connectivity index (χ1) is 20.0. The molecule has 3 aromatic carbocycles. The fraction of sp³-hybridized carbons (Fsp3) is 0.364. The van der Waals surface area contributed by atoms with E-state index in [0.717, 1.165) is 49.2 Å². The number of benzene rings is 3. The van der Waals surface area contributed by atoms with Gasteiger partial charge in [-0.15, -0.1) is 0 Å². The minimum absolute atomic E-state index is 0.0855. The largest absolute Gasteiger partial charge is 0.478 e. The second-order valence-electron chi connectivity index (χ2n) is 10.3. The van der Waals surface area contributed by atoms with Crippen LogP contribution in [-0.2, 0) is 0 Å². The van der Waals surface area contributed by atoms with Crippen molar-refractivity contribution in [1.82, 2.24) is 10.1 Å². The third-order valence-electron chi connectivity index (χ3n) is 8.05. The zero-order valence-corrected chi connectivity index (χ0v) is 24.2. The Kier molecular flexibility index (Phi) is 8.40. The van der Waals surface area contributed by atoms with Crippen LogP contribution < -0.4 is 10.2 Å². The average molecular weight is 555 g/mol. The molecule has 214 valence electrons. The first-order valence-corrected chi connectivity index (χ1v) is 14.7. The molecule has 6 rings (SSSR count). The summed E-state index contributed by atoms with van der Waals surface area (Å²) in [6.45, 7) is 12.1. The lowest BCUT2D eigenvalue weighted by atomic mass is 9.86. The van der Waals surface area contributed by atoms with Gasteiger partial charge in [-0.05, 0) is 43.2 Å². The molecule has 1 aromatic heterocycles. The normalized spacial score (nSPS) is 15.2. The number of rotatable bonds is 8. The number of ketones is 1. The Balaban J connectivity index is 0.00000165. The number of aromatic nitrogens is 1. The Morgan fingerprint density at radius 1 is 1.02 bits per heavy atom. The summed E-state index contributed by atoms with van der Waals surface area (Å²) in [6.07, 6.45) is 3.54. The smallest absolute Gasteiger partial charge is 0.335 e. The molecule has 8 heteroatoms. The van der Waals surface area contributed by atoms with E-state index in [1.54, 1.807) is 24.3 Å². The molecule has 1 saturated heterocycles. The molecule has 2 heterocycles. The molecule has 1 aliphatic heterocycles. The van der Waals surface area contributed by atoms with Crippen molar-refractivity contribution in [3.05, 3.63) is 71.3 Å². The number of hydrogen-bond donors (Lipinski definition) is 2. The fourth-order valence-corrected chi connectivity index (χ4v) is 6.04. The standard InChI is InChI=1S/C31H32N4O4.C2H6/c1-3-7-21(4-2)34-14-16-35(17-15-34)25-18-24(32-20-12-10-19(11-13-20)31(37)38)26-27-28(25)33-39-30(27)23-9-6-5-8-22(23)29(26)36;1-2/h5-6,8-13,18,21,32H,3-4,7,14-17H2,1-2H3,(H,37,38);1-2H3. The van der Waals surface area contributed by atoms with E-state index in [4.69, 9.17) is 4.52 Å². The second kappa shape index (κ2) is 12.1. The Morgan fingerprint density at radius 3 is 2.34 bits per heavy atom. The third kappa shape index (κ3) is 5.20. The average Bonchev–Trinajstić information content (AvgIpc) is 3.46. The summed E-state index contributed by atoms with van der Waals surface area (Å²) in [5, 5.41) is 17.9. The number of fused-ring (bicyclic) bond motifs is 2. The van der Waals surface area contributed by atoms with Gasteiger partial charge in [-0.1, -0.05) is 63.5 Å². The number of carbonyl (C=O) groups is 2. The molecule has 41 heavy (non-hydrogen) atoms. The second-order valence-corrected chi connectivity index (χ2v) is 10.3. The van der Waals surface area contributed by atoms with Gasteiger partial charge in [0.15, 0.2) is 11.5 Å². The van der Waals surface area contributed by atoms with Crippen LogP contribution in [0.2, 0.25) is 0 Å². The zero-order chi connectivity index (χ0) is 29.1. The van der Waals surface area contributed by atoms with Crippen molar-refractivity contribution in [2.45, 2.75) is 53.0 Å². The Labute approximate surface area is 240 Å². The number of nitrogens with zero attached hydrogens (tertiary/aromatic N) is 3. The predicted octanol–water partition coefficient (Wildman–Crippen LogP) is 7.21. The highest BCUT2D eigenvalue weighted by atomic mass is 16.5. The van der Waals surface area contributed by atoms with Gasteiger partial charge < -0.3 is 19.8 Å². The van der Waals surface area contributed by atoms with Crippen molar-refractivity contribution in [2.75, 3.05) is 36.4 Å². The molecule has 0 radical (unpaired) electrons. The topological polar surface area (TPSA) is 98.9 Å². The van der Waals surface area contributed by atoms with Gasteiger partial charge in [-0.25, -0.2) is 4.79 Å². The van der Waals surface area contributed by atoms with Gasteiger partial charge in [0.1, 0.15) is 5.52 Å². The van der Waals surface area contributed by atoms with Gasteiger partial charge in [0.05, 0.1) is 27.9 Å². The first kappa shape index (κ1) is 28.4. The minimum atomic E-state index is -0.982. The Bertz CT molecular complexity index is 1550. The summed E-state index contributed by atoms with van der Waals surface area (Å²) >= 11 is 0. The van der Waals surface area contributed by atoms with Crippen molar-refractivity contribution in [1.29, 1.82) is 0 Å². The highest BCUT2D eigenvalue weighted by Gasteiger charge is 2.34. The van der Waals surface area contributed by atoms with Crippen molar-refractivity contribution >= 4 is 39.7 Å². The molecule has 1 fully saturated rings. The number of carboxylic acids is 1. The van der Waals surface area contributed by atoms with Gasteiger partial charge >= 0.3 is 5.97 Å². The third-order valence-corrected chi connectivity index (χ3v) is 8.05. The maximum atomic E-state index is 13.8. The molecule has 8 nitrogen and oxygen atoms in total. The lowest BCUT2D eigenvalue weighted by Crippen LogP contribution is -2.50. The van der Waals surface area contributed by atoms with E-state index in [1.807, 2.05) is 44.2 Å². The molecular formula is C33H38N4O4. The van der Waals surface area contributed by atoms with Crippen LogP contribution in [0.3, 0.4) is 0 Å². The number of hydrogen-bond acceptors (Lipinski definition) is 7. The minimum Gasteiger partial charge on any atom is -0.478 e.